The number of carbonyl (C=O) groups excluding carboxylic acids is 1. The van der Waals surface area contributed by atoms with E-state index in [9.17, 15) is 4.79 Å². The number of rotatable bonds is 5. The van der Waals surface area contributed by atoms with Crippen LogP contribution in [0.4, 0.5) is 0 Å². The van der Waals surface area contributed by atoms with Crippen LogP contribution in [0.5, 0.6) is 0 Å². The summed E-state index contributed by atoms with van der Waals surface area (Å²) in [6, 6.07) is 6.50. The van der Waals surface area contributed by atoms with Crippen LogP contribution in [0.2, 0.25) is 0 Å². The van der Waals surface area contributed by atoms with E-state index in [1.165, 1.54) is 29.1 Å². The average Bonchev–Trinajstić information content (AvgIpc) is 3.14. The second kappa shape index (κ2) is 10.7. The molecule has 1 saturated heterocycles. The van der Waals surface area contributed by atoms with Crippen molar-refractivity contribution in [2.75, 3.05) is 33.8 Å². The van der Waals surface area contributed by atoms with Gasteiger partial charge in [-0.2, -0.15) is 0 Å². The molecule has 0 unspecified atom stereocenters. The molecule has 7 heteroatoms. The van der Waals surface area contributed by atoms with E-state index in [1.807, 2.05) is 7.05 Å². The number of nitrogens with one attached hydrogen (secondary N) is 2. The highest BCUT2D eigenvalue weighted by atomic mass is 127. The number of halogens is 1. The fraction of sp³-hybridized carbons (Fsp3) is 0.524. The molecular weight excluding hydrogens is 467 g/mol. The summed E-state index contributed by atoms with van der Waals surface area (Å²) in [5.41, 5.74) is 3.94. The first-order chi connectivity index (χ1) is 13.2. The lowest BCUT2D eigenvalue weighted by Gasteiger charge is -2.33. The number of piperidine rings is 1. The number of benzene rings is 1. The number of H-pyrrole nitrogens is 1. The van der Waals surface area contributed by atoms with Gasteiger partial charge in [0.25, 0.3) is 0 Å². The number of esters is 1. The van der Waals surface area contributed by atoms with Gasteiger partial charge in [0.1, 0.15) is 0 Å². The number of aryl methyl sites for hydroxylation is 1. The molecule has 0 aliphatic carbocycles. The SMILES string of the molecule is CCc1cccc2c(CCNC(=NC)N3CCC(C(=O)OC)CC3)c[nH]c12.I. The molecule has 2 aromatic rings. The Kier molecular flexibility index (Phi) is 8.59. The Hall–Kier alpha value is -1.77. The lowest BCUT2D eigenvalue weighted by Crippen LogP contribution is -2.47. The van der Waals surface area contributed by atoms with E-state index in [0.29, 0.717) is 0 Å². The van der Waals surface area contributed by atoms with Crippen molar-refractivity contribution < 1.29 is 9.53 Å². The Morgan fingerprint density at radius 1 is 1.32 bits per heavy atom. The van der Waals surface area contributed by atoms with Gasteiger partial charge >= 0.3 is 5.97 Å². The minimum absolute atomic E-state index is 0. The van der Waals surface area contributed by atoms with Crippen molar-refractivity contribution in [2.24, 2.45) is 10.9 Å². The molecular formula is C21H31IN4O2. The molecule has 0 amide bonds. The Morgan fingerprint density at radius 2 is 2.07 bits per heavy atom. The first-order valence-corrected chi connectivity index (χ1v) is 9.79. The van der Waals surface area contributed by atoms with Gasteiger partial charge < -0.3 is 19.9 Å². The lowest BCUT2D eigenvalue weighted by molar-refractivity contribution is -0.146. The van der Waals surface area contributed by atoms with E-state index in [1.54, 1.807) is 0 Å². The minimum atomic E-state index is -0.0941. The fourth-order valence-electron chi connectivity index (χ4n) is 3.91. The van der Waals surface area contributed by atoms with E-state index in [-0.39, 0.29) is 35.9 Å². The summed E-state index contributed by atoms with van der Waals surface area (Å²) >= 11 is 0. The molecule has 1 fully saturated rings. The molecule has 1 aromatic heterocycles. The third-order valence-electron chi connectivity index (χ3n) is 5.49. The van der Waals surface area contributed by atoms with Crippen molar-refractivity contribution in [3.63, 3.8) is 0 Å². The molecule has 0 radical (unpaired) electrons. The number of hydrogen-bond acceptors (Lipinski definition) is 3. The summed E-state index contributed by atoms with van der Waals surface area (Å²) in [6.07, 6.45) is 5.72. The normalized spacial score (nSPS) is 15.4. The van der Waals surface area contributed by atoms with Crippen LogP contribution in [0.15, 0.2) is 29.4 Å². The number of nitrogens with zero attached hydrogens (tertiary/aromatic N) is 2. The molecule has 0 saturated carbocycles. The fourth-order valence-corrected chi connectivity index (χ4v) is 3.91. The Morgan fingerprint density at radius 3 is 2.71 bits per heavy atom. The quantitative estimate of drug-likeness (QED) is 0.287. The number of aliphatic imine (C=N–C) groups is 1. The van der Waals surface area contributed by atoms with Crippen molar-refractivity contribution in [2.45, 2.75) is 32.6 Å². The van der Waals surface area contributed by atoms with Crippen molar-refractivity contribution in [1.29, 1.82) is 0 Å². The Balaban J connectivity index is 0.00000280. The smallest absolute Gasteiger partial charge is 0.308 e. The highest BCUT2D eigenvalue weighted by Crippen LogP contribution is 2.22. The minimum Gasteiger partial charge on any atom is -0.469 e. The number of fused-ring (bicyclic) bond motifs is 1. The molecule has 28 heavy (non-hydrogen) atoms. The van der Waals surface area contributed by atoms with Gasteiger partial charge in [0.05, 0.1) is 13.0 Å². The maximum Gasteiger partial charge on any atom is 0.308 e. The van der Waals surface area contributed by atoms with E-state index in [4.69, 9.17) is 4.74 Å². The van der Waals surface area contributed by atoms with Crippen LogP contribution in [-0.2, 0) is 22.4 Å². The predicted octanol–water partition coefficient (Wildman–Crippen LogP) is 3.35. The second-order valence-corrected chi connectivity index (χ2v) is 7.02. The van der Waals surface area contributed by atoms with E-state index in [0.717, 1.165) is 51.3 Å². The summed E-state index contributed by atoms with van der Waals surface area (Å²) < 4.78 is 4.86. The van der Waals surface area contributed by atoms with Crippen LogP contribution < -0.4 is 5.32 Å². The molecule has 154 valence electrons. The van der Waals surface area contributed by atoms with E-state index >= 15 is 0 Å². The average molecular weight is 498 g/mol. The van der Waals surface area contributed by atoms with Crippen LogP contribution in [0.1, 0.15) is 30.9 Å². The number of hydrogen-bond donors (Lipinski definition) is 2. The summed E-state index contributed by atoms with van der Waals surface area (Å²) in [4.78, 5) is 21.8. The predicted molar refractivity (Wildman–Crippen MR) is 124 cm³/mol. The third-order valence-corrected chi connectivity index (χ3v) is 5.49. The zero-order valence-corrected chi connectivity index (χ0v) is 19.3. The molecule has 1 aliphatic rings. The first kappa shape index (κ1) is 22.5. The Labute approximate surface area is 184 Å². The molecule has 0 spiro atoms. The summed E-state index contributed by atoms with van der Waals surface area (Å²) in [7, 11) is 3.28. The maximum absolute atomic E-state index is 11.7. The van der Waals surface area contributed by atoms with Crippen LogP contribution in [0.25, 0.3) is 10.9 Å². The van der Waals surface area contributed by atoms with Crippen molar-refractivity contribution in [1.82, 2.24) is 15.2 Å². The zero-order valence-electron chi connectivity index (χ0n) is 17.0. The highest BCUT2D eigenvalue weighted by Gasteiger charge is 2.26. The maximum atomic E-state index is 11.7. The van der Waals surface area contributed by atoms with Crippen molar-refractivity contribution in [3.8, 4) is 0 Å². The van der Waals surface area contributed by atoms with Gasteiger partial charge in [-0.05, 0) is 36.8 Å². The topological polar surface area (TPSA) is 69.7 Å². The van der Waals surface area contributed by atoms with Crippen molar-refractivity contribution >= 4 is 46.8 Å². The number of para-hydroxylation sites is 1. The number of carbonyl (C=O) groups is 1. The molecule has 2 N–H and O–H groups in total. The van der Waals surface area contributed by atoms with Gasteiger partial charge in [0.15, 0.2) is 5.96 Å². The summed E-state index contributed by atoms with van der Waals surface area (Å²) in [6.45, 7) is 4.66. The molecule has 6 nitrogen and oxygen atoms in total. The van der Waals surface area contributed by atoms with E-state index in [2.05, 4.69) is 51.5 Å². The summed E-state index contributed by atoms with van der Waals surface area (Å²) in [5.74, 6) is 0.833. The third kappa shape index (κ3) is 4.98. The second-order valence-electron chi connectivity index (χ2n) is 7.02. The van der Waals surface area contributed by atoms with Crippen molar-refractivity contribution in [3.05, 3.63) is 35.5 Å². The van der Waals surface area contributed by atoms with Crippen LogP contribution in [0.3, 0.4) is 0 Å². The van der Waals surface area contributed by atoms with E-state index < -0.39 is 0 Å². The summed E-state index contributed by atoms with van der Waals surface area (Å²) in [5, 5.41) is 4.78. The largest absolute Gasteiger partial charge is 0.469 e. The number of aromatic nitrogens is 1. The number of likely N-dealkylation sites (tertiary alicyclic amines) is 1. The number of aromatic amines is 1. The molecule has 1 aliphatic heterocycles. The molecule has 3 rings (SSSR count). The van der Waals surface area contributed by atoms with Crippen LogP contribution in [0, 0.1) is 5.92 Å². The van der Waals surface area contributed by atoms with Gasteiger partial charge in [-0.25, -0.2) is 0 Å². The standard InChI is InChI=1S/C21H30N4O2.HI/c1-4-15-6-5-7-18-17(14-24-19(15)18)8-11-23-21(22-2)25-12-9-16(10-13-25)20(26)27-3;/h5-7,14,16,24H,4,8-13H2,1-3H3,(H,22,23);1H. The Bertz CT molecular complexity index is 810. The molecule has 2 heterocycles. The molecule has 0 bridgehead atoms. The van der Waals surface area contributed by atoms with Crippen LogP contribution in [-0.4, -0.2) is 55.6 Å². The van der Waals surface area contributed by atoms with Gasteiger partial charge in [0, 0.05) is 43.8 Å². The number of guanidine groups is 1. The molecule has 0 atom stereocenters. The number of methoxy groups -OCH3 is 1. The van der Waals surface area contributed by atoms with Gasteiger partial charge in [0.2, 0.25) is 0 Å². The zero-order chi connectivity index (χ0) is 19.2. The first-order valence-electron chi connectivity index (χ1n) is 9.79. The molecule has 1 aromatic carbocycles. The number of ether oxygens (including phenoxy) is 1. The lowest BCUT2D eigenvalue weighted by atomic mass is 9.97. The highest BCUT2D eigenvalue weighted by molar-refractivity contribution is 14.0. The monoisotopic (exact) mass is 498 g/mol. The van der Waals surface area contributed by atoms with Gasteiger partial charge in [-0.3, -0.25) is 9.79 Å². The van der Waals surface area contributed by atoms with Gasteiger partial charge in [-0.15, -0.1) is 24.0 Å². The van der Waals surface area contributed by atoms with Crippen LogP contribution >= 0.6 is 24.0 Å². The van der Waals surface area contributed by atoms with Gasteiger partial charge in [-0.1, -0.05) is 25.1 Å².